The van der Waals surface area contributed by atoms with Crippen LogP contribution in [0.1, 0.15) is 39.2 Å². The van der Waals surface area contributed by atoms with Crippen LogP contribution in [0.4, 0.5) is 9.18 Å². The van der Waals surface area contributed by atoms with E-state index in [-0.39, 0.29) is 23.5 Å². The van der Waals surface area contributed by atoms with Crippen LogP contribution in [0.25, 0.3) is 11.1 Å². The van der Waals surface area contributed by atoms with E-state index in [2.05, 4.69) is 0 Å². The molecule has 3 rings (SSSR count). The Morgan fingerprint density at radius 1 is 1.21 bits per heavy atom. The van der Waals surface area contributed by atoms with Crippen molar-refractivity contribution in [2.45, 2.75) is 51.7 Å². The normalized spacial score (nSPS) is 16.5. The minimum atomic E-state index is -1.13. The summed E-state index contributed by atoms with van der Waals surface area (Å²) in [6.45, 7) is 5.54. The number of benzene rings is 2. The van der Waals surface area contributed by atoms with Crippen molar-refractivity contribution in [1.29, 1.82) is 0 Å². The number of rotatable bonds is 6. The van der Waals surface area contributed by atoms with Crippen molar-refractivity contribution in [3.8, 4) is 16.9 Å². The van der Waals surface area contributed by atoms with Crippen LogP contribution in [0.15, 0.2) is 54.8 Å². The average molecular weight is 470 g/mol. The number of carbonyl (C=O) groups excluding carboxylic acids is 2. The third kappa shape index (κ3) is 6.43. The van der Waals surface area contributed by atoms with E-state index in [0.29, 0.717) is 30.5 Å². The first-order valence-corrected chi connectivity index (χ1v) is 11.0. The van der Waals surface area contributed by atoms with E-state index < -0.39 is 29.5 Å². The zero-order valence-corrected chi connectivity index (χ0v) is 19.4. The van der Waals surface area contributed by atoms with Gasteiger partial charge in [-0.2, -0.15) is 0 Å². The molecule has 180 valence electrons. The summed E-state index contributed by atoms with van der Waals surface area (Å²) in [6, 6.07) is 10.5. The third-order valence-corrected chi connectivity index (χ3v) is 5.24. The van der Waals surface area contributed by atoms with Crippen LogP contribution in [0.2, 0.25) is 0 Å². The van der Waals surface area contributed by atoms with Gasteiger partial charge in [0.1, 0.15) is 17.2 Å². The minimum absolute atomic E-state index is 0.124. The number of likely N-dealkylation sites (tertiary alicyclic amines) is 1. The number of halogens is 1. The second-order valence-corrected chi connectivity index (χ2v) is 9.03. The Morgan fingerprint density at radius 3 is 2.65 bits per heavy atom. The van der Waals surface area contributed by atoms with Crippen molar-refractivity contribution in [2.75, 3.05) is 6.54 Å². The molecule has 8 heteroatoms. The molecule has 34 heavy (non-hydrogen) atoms. The molecule has 0 radical (unpaired) electrons. The standard InChI is InChI=1S/C26H28FNO6/c1-26(2,3)34-23(30)12-14-33-22-11-5-9-19(27)24(22)18-8-4-7-17(15-18)16-20-21(29)10-6-13-28(20)25(31)32/h4-5,7-9,11-12,14-15,20H,6,10,13,16H2,1-3H3,(H,31,32). The van der Waals surface area contributed by atoms with Gasteiger partial charge in [0.25, 0.3) is 0 Å². The smallest absolute Gasteiger partial charge is 0.407 e. The van der Waals surface area contributed by atoms with Crippen LogP contribution < -0.4 is 4.74 Å². The van der Waals surface area contributed by atoms with E-state index in [1.54, 1.807) is 51.1 Å². The molecule has 0 spiro atoms. The number of ether oxygens (including phenoxy) is 2. The van der Waals surface area contributed by atoms with E-state index in [4.69, 9.17) is 9.47 Å². The quantitative estimate of drug-likeness (QED) is 0.364. The molecule has 1 heterocycles. The highest BCUT2D eigenvalue weighted by Gasteiger charge is 2.33. The zero-order valence-electron chi connectivity index (χ0n) is 19.4. The predicted octanol–water partition coefficient (Wildman–Crippen LogP) is 4.98. The molecule has 0 aromatic heterocycles. The van der Waals surface area contributed by atoms with Crippen molar-refractivity contribution in [2.24, 2.45) is 0 Å². The Morgan fingerprint density at radius 2 is 1.94 bits per heavy atom. The molecule has 1 aliphatic heterocycles. The molecule has 1 N–H and O–H groups in total. The fourth-order valence-electron chi connectivity index (χ4n) is 3.83. The van der Waals surface area contributed by atoms with Gasteiger partial charge in [-0.25, -0.2) is 14.0 Å². The molecule has 1 amide bonds. The second kappa shape index (κ2) is 10.5. The number of esters is 1. The number of ketones is 1. The second-order valence-electron chi connectivity index (χ2n) is 9.03. The number of carboxylic acid groups (broad SMARTS) is 1. The highest BCUT2D eigenvalue weighted by Crippen LogP contribution is 2.34. The van der Waals surface area contributed by atoms with E-state index >= 15 is 0 Å². The number of hydrogen-bond donors (Lipinski definition) is 1. The Kier molecular flexibility index (Phi) is 7.71. The molecule has 2 aromatic carbocycles. The molecule has 0 saturated carbocycles. The van der Waals surface area contributed by atoms with Gasteiger partial charge in [0.2, 0.25) is 0 Å². The molecular formula is C26H28FNO6. The Balaban J connectivity index is 1.84. The lowest BCUT2D eigenvalue weighted by molar-refractivity contribution is -0.148. The van der Waals surface area contributed by atoms with Gasteiger partial charge in [-0.05, 0) is 50.5 Å². The lowest BCUT2D eigenvalue weighted by atomic mass is 9.93. The van der Waals surface area contributed by atoms with Crippen LogP contribution in [0.5, 0.6) is 5.75 Å². The molecular weight excluding hydrogens is 441 g/mol. The first kappa shape index (κ1) is 25.0. The number of piperidine rings is 1. The molecule has 1 fully saturated rings. The zero-order chi connectivity index (χ0) is 24.9. The maximum absolute atomic E-state index is 14.8. The predicted molar refractivity (Wildman–Crippen MR) is 124 cm³/mol. The van der Waals surface area contributed by atoms with Crippen LogP contribution in [0, 0.1) is 5.82 Å². The number of Topliss-reactive ketones (excluding diaryl/α,β-unsaturated/α-hetero) is 1. The molecule has 1 saturated heterocycles. The van der Waals surface area contributed by atoms with Crippen molar-refractivity contribution in [3.05, 3.63) is 66.2 Å². The highest BCUT2D eigenvalue weighted by atomic mass is 19.1. The molecule has 1 atom stereocenters. The largest absolute Gasteiger partial charge is 0.465 e. The minimum Gasteiger partial charge on any atom is -0.465 e. The van der Waals surface area contributed by atoms with Crippen molar-refractivity contribution < 1.29 is 33.4 Å². The van der Waals surface area contributed by atoms with Gasteiger partial charge >= 0.3 is 12.1 Å². The van der Waals surface area contributed by atoms with Gasteiger partial charge in [0.15, 0.2) is 5.78 Å². The Labute approximate surface area is 197 Å². The monoisotopic (exact) mass is 469 g/mol. The van der Waals surface area contributed by atoms with Crippen LogP contribution in [-0.4, -0.2) is 46.0 Å². The summed E-state index contributed by atoms with van der Waals surface area (Å²) < 4.78 is 25.6. The number of nitrogens with zero attached hydrogens (tertiary/aromatic N) is 1. The van der Waals surface area contributed by atoms with E-state index in [1.807, 2.05) is 0 Å². The summed E-state index contributed by atoms with van der Waals surface area (Å²) in [5.74, 6) is -1.05. The number of hydrogen-bond acceptors (Lipinski definition) is 5. The molecule has 7 nitrogen and oxygen atoms in total. The summed E-state index contributed by atoms with van der Waals surface area (Å²) in [5.41, 5.74) is 0.731. The molecule has 1 aliphatic rings. The molecule has 0 aliphatic carbocycles. The van der Waals surface area contributed by atoms with Crippen LogP contribution in [0.3, 0.4) is 0 Å². The van der Waals surface area contributed by atoms with Gasteiger partial charge < -0.3 is 14.6 Å². The number of carbonyl (C=O) groups is 3. The summed E-state index contributed by atoms with van der Waals surface area (Å²) in [5, 5.41) is 9.46. The Bertz CT molecular complexity index is 1100. The van der Waals surface area contributed by atoms with E-state index in [9.17, 15) is 23.9 Å². The van der Waals surface area contributed by atoms with Gasteiger partial charge in [0.05, 0.1) is 23.9 Å². The third-order valence-electron chi connectivity index (χ3n) is 5.24. The SMILES string of the molecule is CC(C)(C)OC(=O)C=COc1cccc(F)c1-c1cccc(CC2C(=O)CCCN2C(=O)O)c1. The summed E-state index contributed by atoms with van der Waals surface area (Å²) >= 11 is 0. The lowest BCUT2D eigenvalue weighted by Gasteiger charge is -2.32. The summed E-state index contributed by atoms with van der Waals surface area (Å²) in [7, 11) is 0. The fourth-order valence-corrected chi connectivity index (χ4v) is 3.83. The maximum atomic E-state index is 14.8. The molecule has 1 unspecified atom stereocenters. The highest BCUT2D eigenvalue weighted by molar-refractivity contribution is 5.88. The first-order valence-electron chi connectivity index (χ1n) is 11.0. The van der Waals surface area contributed by atoms with Crippen molar-refractivity contribution in [3.63, 3.8) is 0 Å². The number of amides is 1. The van der Waals surface area contributed by atoms with Gasteiger partial charge in [0, 0.05) is 19.4 Å². The van der Waals surface area contributed by atoms with Gasteiger partial charge in [-0.15, -0.1) is 0 Å². The maximum Gasteiger partial charge on any atom is 0.407 e. The van der Waals surface area contributed by atoms with Crippen LogP contribution in [-0.2, 0) is 20.7 Å². The lowest BCUT2D eigenvalue weighted by Crippen LogP contribution is -2.49. The fraction of sp³-hybridized carbons (Fsp3) is 0.346. The van der Waals surface area contributed by atoms with Crippen LogP contribution >= 0.6 is 0 Å². The molecule has 2 aromatic rings. The Hall–Kier alpha value is -3.68. The summed E-state index contributed by atoms with van der Waals surface area (Å²) in [6.07, 6.45) is 2.17. The van der Waals surface area contributed by atoms with Crippen molar-refractivity contribution in [1.82, 2.24) is 4.90 Å². The van der Waals surface area contributed by atoms with Gasteiger partial charge in [-0.3, -0.25) is 9.69 Å². The van der Waals surface area contributed by atoms with E-state index in [1.165, 1.54) is 12.1 Å². The van der Waals surface area contributed by atoms with E-state index in [0.717, 1.165) is 17.2 Å². The topological polar surface area (TPSA) is 93.1 Å². The first-order chi connectivity index (χ1) is 16.0. The molecule has 0 bridgehead atoms. The van der Waals surface area contributed by atoms with Gasteiger partial charge in [-0.1, -0.05) is 30.3 Å². The summed E-state index contributed by atoms with van der Waals surface area (Å²) in [4.78, 5) is 37.0. The average Bonchev–Trinajstić information content (AvgIpc) is 2.74. The van der Waals surface area contributed by atoms with Crippen molar-refractivity contribution >= 4 is 17.8 Å².